The number of amides is 1. The summed E-state index contributed by atoms with van der Waals surface area (Å²) in [5, 5.41) is 5.78. The van der Waals surface area contributed by atoms with Crippen LogP contribution in [0.3, 0.4) is 0 Å². The predicted octanol–water partition coefficient (Wildman–Crippen LogP) is 2.27. The number of benzene rings is 1. The van der Waals surface area contributed by atoms with Gasteiger partial charge in [0, 0.05) is 25.1 Å². The Morgan fingerprint density at radius 1 is 1.38 bits per heavy atom. The van der Waals surface area contributed by atoms with Gasteiger partial charge >= 0.3 is 0 Å². The van der Waals surface area contributed by atoms with Crippen LogP contribution in [-0.4, -0.2) is 32.1 Å². The molecule has 21 heavy (non-hydrogen) atoms. The second-order valence-corrected chi connectivity index (χ2v) is 4.52. The molecule has 120 valence electrons. The number of halogens is 3. The molecule has 1 aromatic carbocycles. The molecular weight excluding hydrogens is 302 g/mol. The molecule has 0 bridgehead atoms. The van der Waals surface area contributed by atoms with Crippen LogP contribution in [0.5, 0.6) is 5.75 Å². The molecule has 7 heteroatoms. The molecule has 1 rings (SSSR count). The Morgan fingerprint density at radius 3 is 2.71 bits per heavy atom. The molecule has 0 aliphatic carbocycles. The number of nitrogens with one attached hydrogen (secondary N) is 2. The van der Waals surface area contributed by atoms with Gasteiger partial charge in [0.1, 0.15) is 5.82 Å². The van der Waals surface area contributed by atoms with E-state index in [0.29, 0.717) is 19.4 Å². The van der Waals surface area contributed by atoms with Gasteiger partial charge in [0.15, 0.2) is 11.6 Å². The number of hydrogen-bond acceptors (Lipinski definition) is 3. The van der Waals surface area contributed by atoms with Crippen LogP contribution in [0.4, 0.5) is 8.78 Å². The first-order valence-corrected chi connectivity index (χ1v) is 6.54. The van der Waals surface area contributed by atoms with Crippen molar-refractivity contribution in [3.05, 3.63) is 29.8 Å². The summed E-state index contributed by atoms with van der Waals surface area (Å²) in [6.07, 6.45) is 0.774. The Hall–Kier alpha value is -1.40. The van der Waals surface area contributed by atoms with Crippen molar-refractivity contribution in [2.24, 2.45) is 0 Å². The summed E-state index contributed by atoms with van der Waals surface area (Å²) < 4.78 is 31.1. The van der Waals surface area contributed by atoms with E-state index in [0.717, 1.165) is 12.1 Å². The molecule has 0 spiro atoms. The van der Waals surface area contributed by atoms with Gasteiger partial charge in [-0.3, -0.25) is 4.79 Å². The Kier molecular flexibility index (Phi) is 9.65. The molecule has 0 aliphatic rings. The van der Waals surface area contributed by atoms with Gasteiger partial charge in [0.05, 0.1) is 6.61 Å². The lowest BCUT2D eigenvalue weighted by Crippen LogP contribution is -2.37. The molecule has 1 amide bonds. The third-order valence-corrected chi connectivity index (χ3v) is 2.80. The van der Waals surface area contributed by atoms with Crippen LogP contribution in [0.1, 0.15) is 19.8 Å². The van der Waals surface area contributed by atoms with E-state index in [1.807, 2.05) is 14.0 Å². The lowest BCUT2D eigenvalue weighted by molar-refractivity contribution is -0.121. The van der Waals surface area contributed by atoms with E-state index in [9.17, 15) is 13.6 Å². The highest BCUT2D eigenvalue weighted by atomic mass is 35.5. The number of ether oxygens (including phenoxy) is 1. The summed E-state index contributed by atoms with van der Waals surface area (Å²) in [7, 11) is 1.82. The topological polar surface area (TPSA) is 50.4 Å². The van der Waals surface area contributed by atoms with Crippen molar-refractivity contribution in [1.29, 1.82) is 0 Å². The molecule has 0 aliphatic heterocycles. The van der Waals surface area contributed by atoms with Crippen molar-refractivity contribution >= 4 is 18.3 Å². The SMILES string of the molecule is CNC(C)CNC(=O)CCCOc1ccc(F)cc1F.Cl. The fraction of sp³-hybridized carbons (Fsp3) is 0.500. The van der Waals surface area contributed by atoms with Gasteiger partial charge in [-0.25, -0.2) is 8.78 Å². The van der Waals surface area contributed by atoms with Crippen molar-refractivity contribution in [3.8, 4) is 5.75 Å². The van der Waals surface area contributed by atoms with E-state index in [2.05, 4.69) is 10.6 Å². The molecule has 0 aromatic heterocycles. The molecule has 4 nitrogen and oxygen atoms in total. The number of likely N-dealkylation sites (N-methyl/N-ethyl adjacent to an activating group) is 1. The highest BCUT2D eigenvalue weighted by Crippen LogP contribution is 2.17. The maximum atomic E-state index is 13.2. The molecule has 1 atom stereocenters. The molecule has 0 heterocycles. The summed E-state index contributed by atoms with van der Waals surface area (Å²) in [5.41, 5.74) is 0. The smallest absolute Gasteiger partial charge is 0.220 e. The van der Waals surface area contributed by atoms with Crippen LogP contribution in [-0.2, 0) is 4.79 Å². The van der Waals surface area contributed by atoms with E-state index in [1.165, 1.54) is 6.07 Å². The molecule has 0 fully saturated rings. The van der Waals surface area contributed by atoms with Crippen LogP contribution in [0.2, 0.25) is 0 Å². The van der Waals surface area contributed by atoms with Crippen LogP contribution in [0, 0.1) is 11.6 Å². The highest BCUT2D eigenvalue weighted by Gasteiger charge is 2.06. The minimum Gasteiger partial charge on any atom is -0.491 e. The molecule has 1 unspecified atom stereocenters. The Morgan fingerprint density at radius 2 is 2.10 bits per heavy atom. The summed E-state index contributed by atoms with van der Waals surface area (Å²) >= 11 is 0. The van der Waals surface area contributed by atoms with E-state index in [1.54, 1.807) is 0 Å². The first-order chi connectivity index (χ1) is 9.52. The predicted molar refractivity (Wildman–Crippen MR) is 79.9 cm³/mol. The molecular formula is C14H21ClF2N2O2. The van der Waals surface area contributed by atoms with Gasteiger partial charge in [-0.05, 0) is 32.5 Å². The van der Waals surface area contributed by atoms with E-state index >= 15 is 0 Å². The van der Waals surface area contributed by atoms with E-state index in [-0.39, 0.29) is 36.7 Å². The van der Waals surface area contributed by atoms with Gasteiger partial charge in [-0.1, -0.05) is 0 Å². The molecule has 2 N–H and O–H groups in total. The normalized spacial score (nSPS) is 11.4. The Bertz CT molecular complexity index is 447. The third-order valence-electron chi connectivity index (χ3n) is 2.80. The average molecular weight is 323 g/mol. The van der Waals surface area contributed by atoms with E-state index < -0.39 is 11.6 Å². The zero-order valence-corrected chi connectivity index (χ0v) is 12.9. The first-order valence-electron chi connectivity index (χ1n) is 6.54. The largest absolute Gasteiger partial charge is 0.491 e. The first kappa shape index (κ1) is 19.6. The molecule has 1 aromatic rings. The zero-order chi connectivity index (χ0) is 15.0. The fourth-order valence-corrected chi connectivity index (χ4v) is 1.46. The number of carbonyl (C=O) groups is 1. The summed E-state index contributed by atoms with van der Waals surface area (Å²) in [5.74, 6) is -1.46. The quantitative estimate of drug-likeness (QED) is 0.722. The van der Waals surface area contributed by atoms with Crippen molar-refractivity contribution in [3.63, 3.8) is 0 Å². The minimum absolute atomic E-state index is 0. The minimum atomic E-state index is -0.739. The van der Waals surface area contributed by atoms with Crippen molar-refractivity contribution in [2.45, 2.75) is 25.8 Å². The monoisotopic (exact) mass is 322 g/mol. The van der Waals surface area contributed by atoms with E-state index in [4.69, 9.17) is 4.74 Å². The molecule has 0 saturated carbocycles. The zero-order valence-electron chi connectivity index (χ0n) is 12.1. The third kappa shape index (κ3) is 7.82. The van der Waals surface area contributed by atoms with Crippen LogP contribution in [0.25, 0.3) is 0 Å². The van der Waals surface area contributed by atoms with Crippen molar-refractivity contribution in [2.75, 3.05) is 20.2 Å². The van der Waals surface area contributed by atoms with Crippen molar-refractivity contribution < 1.29 is 18.3 Å². The fourth-order valence-electron chi connectivity index (χ4n) is 1.46. The summed E-state index contributed by atoms with van der Waals surface area (Å²) in [6, 6.07) is 3.34. The molecule has 0 saturated heterocycles. The van der Waals surface area contributed by atoms with Crippen LogP contribution in [0.15, 0.2) is 18.2 Å². The van der Waals surface area contributed by atoms with Gasteiger partial charge in [-0.15, -0.1) is 12.4 Å². The Labute approximate surface area is 129 Å². The van der Waals surface area contributed by atoms with Gasteiger partial charge in [-0.2, -0.15) is 0 Å². The second-order valence-electron chi connectivity index (χ2n) is 4.52. The van der Waals surface area contributed by atoms with Crippen LogP contribution >= 0.6 is 12.4 Å². The summed E-state index contributed by atoms with van der Waals surface area (Å²) in [6.45, 7) is 2.72. The van der Waals surface area contributed by atoms with Crippen LogP contribution < -0.4 is 15.4 Å². The number of carbonyl (C=O) groups excluding carboxylic acids is 1. The highest BCUT2D eigenvalue weighted by molar-refractivity contribution is 5.85. The standard InChI is InChI=1S/C14H20F2N2O2.ClH/c1-10(17-2)9-18-14(19)4-3-7-20-13-6-5-11(15)8-12(13)16;/h5-6,8,10,17H,3-4,7,9H2,1-2H3,(H,18,19);1H. The van der Waals surface area contributed by atoms with Gasteiger partial charge in [0.25, 0.3) is 0 Å². The summed E-state index contributed by atoms with van der Waals surface area (Å²) in [4.78, 5) is 11.5. The number of hydrogen-bond donors (Lipinski definition) is 2. The maximum Gasteiger partial charge on any atom is 0.220 e. The lowest BCUT2D eigenvalue weighted by Gasteiger charge is -2.11. The van der Waals surface area contributed by atoms with Gasteiger partial charge in [0.2, 0.25) is 5.91 Å². The van der Waals surface area contributed by atoms with Gasteiger partial charge < -0.3 is 15.4 Å². The lowest BCUT2D eigenvalue weighted by atomic mass is 10.3. The second kappa shape index (κ2) is 10.3. The average Bonchev–Trinajstić information content (AvgIpc) is 2.42. The molecule has 0 radical (unpaired) electrons. The maximum absolute atomic E-state index is 13.2. The Balaban J connectivity index is 0.00000400. The number of rotatable bonds is 8. The van der Waals surface area contributed by atoms with Crippen molar-refractivity contribution in [1.82, 2.24) is 10.6 Å².